The first-order chi connectivity index (χ1) is 9.31. The second-order valence-electron chi connectivity index (χ2n) is 5.16. The lowest BCUT2D eigenvalue weighted by Crippen LogP contribution is -2.37. The molecule has 1 aliphatic heterocycles. The maximum Gasteiger partial charge on any atom is 0.222 e. The maximum absolute atomic E-state index is 8.91. The van der Waals surface area contributed by atoms with Gasteiger partial charge in [-0.3, -0.25) is 0 Å². The van der Waals surface area contributed by atoms with Gasteiger partial charge in [-0.2, -0.15) is 0 Å². The summed E-state index contributed by atoms with van der Waals surface area (Å²) < 4.78 is 0. The summed E-state index contributed by atoms with van der Waals surface area (Å²) in [6.07, 6.45) is 7.11. The monoisotopic (exact) mass is 264 g/mol. The molecule has 2 heterocycles. The number of aliphatic hydroxyl groups excluding tert-OH is 1. The van der Waals surface area contributed by atoms with E-state index in [1.54, 1.807) is 0 Å². The minimum absolute atomic E-state index is 0.264. The van der Waals surface area contributed by atoms with E-state index in [4.69, 9.17) is 5.11 Å². The van der Waals surface area contributed by atoms with Crippen LogP contribution in [0.25, 0.3) is 0 Å². The van der Waals surface area contributed by atoms with Gasteiger partial charge in [-0.25, -0.2) is 9.97 Å². The Labute approximate surface area is 115 Å². The number of hydrogen-bond acceptors (Lipinski definition) is 5. The van der Waals surface area contributed by atoms with Gasteiger partial charge >= 0.3 is 0 Å². The molecule has 0 unspecified atom stereocenters. The van der Waals surface area contributed by atoms with Gasteiger partial charge in [0.05, 0.1) is 6.61 Å². The first-order valence-corrected chi connectivity index (χ1v) is 7.19. The molecule has 0 aromatic carbocycles. The van der Waals surface area contributed by atoms with E-state index in [2.05, 4.69) is 27.1 Å². The van der Waals surface area contributed by atoms with Gasteiger partial charge in [-0.05, 0) is 43.8 Å². The number of nitrogens with one attached hydrogen (secondary N) is 1. The summed E-state index contributed by atoms with van der Waals surface area (Å²) in [5.74, 6) is 1.42. The van der Waals surface area contributed by atoms with Crippen molar-refractivity contribution in [2.24, 2.45) is 5.92 Å². The Morgan fingerprint density at radius 2 is 2.00 bits per heavy atom. The molecule has 1 aromatic heterocycles. The Hall–Kier alpha value is -1.20. The molecule has 5 heteroatoms. The molecule has 2 rings (SSSR count). The number of piperidine rings is 1. The van der Waals surface area contributed by atoms with Crippen molar-refractivity contribution in [2.75, 3.05) is 38.1 Å². The normalized spacial score (nSPS) is 17.6. The Morgan fingerprint density at radius 1 is 1.32 bits per heavy atom. The van der Waals surface area contributed by atoms with Crippen molar-refractivity contribution in [2.45, 2.75) is 26.2 Å². The van der Waals surface area contributed by atoms with Gasteiger partial charge in [0.1, 0.15) is 0 Å². The lowest BCUT2D eigenvalue weighted by atomic mass is 9.97. The summed E-state index contributed by atoms with van der Waals surface area (Å²) in [6, 6.07) is 0. The summed E-state index contributed by atoms with van der Waals surface area (Å²) in [7, 11) is 0. The van der Waals surface area contributed by atoms with Crippen molar-refractivity contribution >= 4 is 5.95 Å². The first-order valence-electron chi connectivity index (χ1n) is 7.19. The highest BCUT2D eigenvalue weighted by molar-refractivity contribution is 5.24. The minimum Gasteiger partial charge on any atom is -0.395 e. The number of rotatable bonds is 6. The van der Waals surface area contributed by atoms with Gasteiger partial charge < -0.3 is 15.3 Å². The Kier molecular flexibility index (Phi) is 5.54. The van der Waals surface area contributed by atoms with Crippen molar-refractivity contribution in [3.8, 4) is 0 Å². The number of likely N-dealkylation sites (tertiary alicyclic amines) is 1. The van der Waals surface area contributed by atoms with E-state index in [0.29, 0.717) is 5.92 Å². The van der Waals surface area contributed by atoms with E-state index in [-0.39, 0.29) is 6.61 Å². The molecule has 0 aliphatic carbocycles. The van der Waals surface area contributed by atoms with Crippen LogP contribution >= 0.6 is 0 Å². The molecular weight excluding hydrogens is 240 g/mol. The zero-order chi connectivity index (χ0) is 13.5. The van der Waals surface area contributed by atoms with Crippen LogP contribution in [0.3, 0.4) is 0 Å². The van der Waals surface area contributed by atoms with Crippen LogP contribution in [0, 0.1) is 5.92 Å². The number of aryl methyl sites for hydroxylation is 1. The summed E-state index contributed by atoms with van der Waals surface area (Å²) >= 11 is 0. The van der Waals surface area contributed by atoms with Crippen molar-refractivity contribution < 1.29 is 5.11 Å². The number of β-amino-alcohol motifs (C(OH)–C–C–N with tert-alkyl or cyclic N) is 1. The van der Waals surface area contributed by atoms with Crippen molar-refractivity contribution in [1.82, 2.24) is 14.9 Å². The number of aromatic nitrogens is 2. The van der Waals surface area contributed by atoms with Crippen LogP contribution in [0.5, 0.6) is 0 Å². The van der Waals surface area contributed by atoms with E-state index >= 15 is 0 Å². The fraction of sp³-hybridized carbons (Fsp3) is 0.714. The number of anilines is 1. The molecule has 0 amide bonds. The molecule has 2 N–H and O–H groups in total. The molecule has 1 saturated heterocycles. The average Bonchev–Trinajstić information content (AvgIpc) is 2.47. The first kappa shape index (κ1) is 14.2. The third-order valence-electron chi connectivity index (χ3n) is 3.79. The van der Waals surface area contributed by atoms with Crippen LogP contribution in [0.15, 0.2) is 12.4 Å². The molecule has 1 fully saturated rings. The SMILES string of the molecule is CCc1cnc(NCC2CCN(CCO)CC2)nc1. The topological polar surface area (TPSA) is 61.3 Å². The lowest BCUT2D eigenvalue weighted by molar-refractivity contribution is 0.151. The van der Waals surface area contributed by atoms with Gasteiger partial charge in [0.15, 0.2) is 0 Å². The molecule has 1 aromatic rings. The van der Waals surface area contributed by atoms with Crippen LogP contribution in [0.4, 0.5) is 5.95 Å². The Balaban J connectivity index is 1.71. The molecule has 0 saturated carbocycles. The molecule has 0 bridgehead atoms. The summed E-state index contributed by atoms with van der Waals surface area (Å²) in [4.78, 5) is 10.9. The van der Waals surface area contributed by atoms with E-state index < -0.39 is 0 Å². The molecule has 1 aliphatic rings. The second-order valence-corrected chi connectivity index (χ2v) is 5.16. The molecular formula is C14H24N4O. The van der Waals surface area contributed by atoms with Gasteiger partial charge in [0.25, 0.3) is 0 Å². The van der Waals surface area contributed by atoms with Crippen molar-refractivity contribution in [3.05, 3.63) is 18.0 Å². The molecule has 0 atom stereocenters. The average molecular weight is 264 g/mol. The smallest absolute Gasteiger partial charge is 0.222 e. The van der Waals surface area contributed by atoms with Crippen LogP contribution in [0.1, 0.15) is 25.3 Å². The summed E-state index contributed by atoms with van der Waals surface area (Å²) in [5, 5.41) is 12.2. The predicted molar refractivity (Wildman–Crippen MR) is 76.1 cm³/mol. The zero-order valence-corrected chi connectivity index (χ0v) is 11.7. The van der Waals surface area contributed by atoms with Crippen LogP contribution in [-0.2, 0) is 6.42 Å². The van der Waals surface area contributed by atoms with E-state index in [1.165, 1.54) is 18.4 Å². The third-order valence-corrected chi connectivity index (χ3v) is 3.79. The second kappa shape index (κ2) is 7.40. The molecule has 0 spiro atoms. The Bertz CT molecular complexity index is 360. The van der Waals surface area contributed by atoms with E-state index in [0.717, 1.165) is 38.5 Å². The number of aliphatic hydroxyl groups is 1. The van der Waals surface area contributed by atoms with Gasteiger partial charge in [-0.1, -0.05) is 6.92 Å². The lowest BCUT2D eigenvalue weighted by Gasteiger charge is -2.31. The zero-order valence-electron chi connectivity index (χ0n) is 11.7. The standard InChI is InChI=1S/C14H24N4O/c1-2-12-9-15-14(16-10-12)17-11-13-3-5-18(6-4-13)7-8-19/h9-10,13,19H,2-8,11H2,1H3,(H,15,16,17). The van der Waals surface area contributed by atoms with Crippen LogP contribution in [-0.4, -0.2) is 52.8 Å². The van der Waals surface area contributed by atoms with Gasteiger partial charge in [0.2, 0.25) is 5.95 Å². The van der Waals surface area contributed by atoms with E-state index in [1.807, 2.05) is 12.4 Å². The summed E-state index contributed by atoms with van der Waals surface area (Å²) in [6.45, 7) is 6.29. The fourth-order valence-electron chi connectivity index (χ4n) is 2.42. The highest BCUT2D eigenvalue weighted by atomic mass is 16.3. The molecule has 5 nitrogen and oxygen atoms in total. The highest BCUT2D eigenvalue weighted by Crippen LogP contribution is 2.17. The minimum atomic E-state index is 0.264. The van der Waals surface area contributed by atoms with Gasteiger partial charge in [0, 0.05) is 25.5 Å². The van der Waals surface area contributed by atoms with Crippen LogP contribution < -0.4 is 5.32 Å². The Morgan fingerprint density at radius 3 is 2.58 bits per heavy atom. The number of nitrogens with zero attached hydrogens (tertiary/aromatic N) is 3. The van der Waals surface area contributed by atoms with Crippen LogP contribution in [0.2, 0.25) is 0 Å². The highest BCUT2D eigenvalue weighted by Gasteiger charge is 2.18. The van der Waals surface area contributed by atoms with E-state index in [9.17, 15) is 0 Å². The van der Waals surface area contributed by atoms with Crippen molar-refractivity contribution in [3.63, 3.8) is 0 Å². The molecule has 106 valence electrons. The maximum atomic E-state index is 8.91. The van der Waals surface area contributed by atoms with Gasteiger partial charge in [-0.15, -0.1) is 0 Å². The predicted octanol–water partition coefficient (Wildman–Crippen LogP) is 1.16. The third kappa shape index (κ3) is 4.44. The summed E-state index contributed by atoms with van der Waals surface area (Å²) in [5.41, 5.74) is 1.17. The number of hydrogen-bond donors (Lipinski definition) is 2. The fourth-order valence-corrected chi connectivity index (χ4v) is 2.42. The molecule has 19 heavy (non-hydrogen) atoms. The molecule has 0 radical (unpaired) electrons. The quantitative estimate of drug-likeness (QED) is 0.807. The van der Waals surface area contributed by atoms with Crippen molar-refractivity contribution in [1.29, 1.82) is 0 Å². The largest absolute Gasteiger partial charge is 0.395 e.